The average Bonchev–Trinajstić information content (AvgIpc) is 2.44. The van der Waals surface area contributed by atoms with Crippen LogP contribution < -0.4 is 0 Å². The predicted octanol–water partition coefficient (Wildman–Crippen LogP) is 2.85. The zero-order valence-electron chi connectivity index (χ0n) is 13.1. The van der Waals surface area contributed by atoms with Gasteiger partial charge in [0.15, 0.2) is 0 Å². The molecule has 0 saturated carbocycles. The van der Waals surface area contributed by atoms with E-state index in [1.165, 1.54) is 6.42 Å². The van der Waals surface area contributed by atoms with Gasteiger partial charge in [0.1, 0.15) is 5.15 Å². The standard InChI is InChI=1S/C16H24ClN3O/c1-12(2)4-5-19-6-8-20(9-7-19)16(21)14-10-13(3)18-15(17)11-14/h10-12H,4-9H2,1-3H3. The molecule has 21 heavy (non-hydrogen) atoms. The van der Waals surface area contributed by atoms with Crippen LogP contribution in [0.4, 0.5) is 0 Å². The Hall–Kier alpha value is -1.13. The number of aryl methyl sites for hydroxylation is 1. The highest BCUT2D eigenvalue weighted by atomic mass is 35.5. The number of hydrogen-bond acceptors (Lipinski definition) is 3. The van der Waals surface area contributed by atoms with Crippen molar-refractivity contribution in [3.8, 4) is 0 Å². The minimum absolute atomic E-state index is 0.0610. The summed E-state index contributed by atoms with van der Waals surface area (Å²) >= 11 is 5.94. The van der Waals surface area contributed by atoms with Crippen LogP contribution >= 0.6 is 11.6 Å². The van der Waals surface area contributed by atoms with Crippen LogP contribution in [0.1, 0.15) is 36.3 Å². The average molecular weight is 310 g/mol. The van der Waals surface area contributed by atoms with Gasteiger partial charge in [-0.1, -0.05) is 25.4 Å². The van der Waals surface area contributed by atoms with E-state index in [2.05, 4.69) is 23.7 Å². The highest BCUT2D eigenvalue weighted by Gasteiger charge is 2.22. The fourth-order valence-electron chi connectivity index (χ4n) is 2.55. The van der Waals surface area contributed by atoms with Crippen LogP contribution in [0, 0.1) is 12.8 Å². The van der Waals surface area contributed by atoms with E-state index in [-0.39, 0.29) is 5.91 Å². The third-order valence-corrected chi connectivity index (χ3v) is 4.04. The molecule has 0 bridgehead atoms. The second-order valence-electron chi connectivity index (χ2n) is 6.14. The van der Waals surface area contributed by atoms with Crippen molar-refractivity contribution in [2.45, 2.75) is 27.2 Å². The van der Waals surface area contributed by atoms with Gasteiger partial charge in [-0.05, 0) is 37.9 Å². The van der Waals surface area contributed by atoms with Gasteiger partial charge in [0.05, 0.1) is 0 Å². The molecule has 1 aliphatic rings. The second kappa shape index (κ2) is 7.23. The Kier molecular flexibility index (Phi) is 5.59. The van der Waals surface area contributed by atoms with Crippen molar-refractivity contribution in [2.24, 2.45) is 5.92 Å². The van der Waals surface area contributed by atoms with Crippen molar-refractivity contribution < 1.29 is 4.79 Å². The van der Waals surface area contributed by atoms with Crippen molar-refractivity contribution in [1.29, 1.82) is 0 Å². The lowest BCUT2D eigenvalue weighted by Crippen LogP contribution is -2.49. The molecule has 1 fully saturated rings. The molecule has 0 atom stereocenters. The summed E-state index contributed by atoms with van der Waals surface area (Å²) in [5.41, 5.74) is 1.42. The minimum Gasteiger partial charge on any atom is -0.336 e. The van der Waals surface area contributed by atoms with E-state index >= 15 is 0 Å². The van der Waals surface area contributed by atoms with Crippen molar-refractivity contribution in [1.82, 2.24) is 14.8 Å². The molecule has 1 aromatic heterocycles. The van der Waals surface area contributed by atoms with E-state index in [4.69, 9.17) is 11.6 Å². The van der Waals surface area contributed by atoms with Crippen LogP contribution in [0.5, 0.6) is 0 Å². The summed E-state index contributed by atoms with van der Waals surface area (Å²) in [7, 11) is 0. The first-order chi connectivity index (χ1) is 9.95. The van der Waals surface area contributed by atoms with Gasteiger partial charge in [0, 0.05) is 37.4 Å². The van der Waals surface area contributed by atoms with Gasteiger partial charge >= 0.3 is 0 Å². The van der Waals surface area contributed by atoms with Gasteiger partial charge in [0.25, 0.3) is 5.91 Å². The lowest BCUT2D eigenvalue weighted by atomic mass is 10.1. The Morgan fingerprint density at radius 3 is 2.52 bits per heavy atom. The molecule has 0 aromatic carbocycles. The molecule has 0 unspecified atom stereocenters. The van der Waals surface area contributed by atoms with Gasteiger partial charge in [-0.25, -0.2) is 4.98 Å². The van der Waals surface area contributed by atoms with Crippen molar-refractivity contribution in [2.75, 3.05) is 32.7 Å². The highest BCUT2D eigenvalue weighted by Crippen LogP contribution is 2.14. The van der Waals surface area contributed by atoms with Gasteiger partial charge in [-0.3, -0.25) is 9.69 Å². The molecule has 0 aliphatic carbocycles. The van der Waals surface area contributed by atoms with Crippen molar-refractivity contribution in [3.05, 3.63) is 28.5 Å². The van der Waals surface area contributed by atoms with Crippen LogP contribution in [-0.4, -0.2) is 53.4 Å². The van der Waals surface area contributed by atoms with E-state index in [1.807, 2.05) is 11.8 Å². The minimum atomic E-state index is 0.0610. The number of rotatable bonds is 4. The van der Waals surface area contributed by atoms with Gasteiger partial charge < -0.3 is 4.90 Å². The van der Waals surface area contributed by atoms with Crippen molar-refractivity contribution >= 4 is 17.5 Å². The summed E-state index contributed by atoms with van der Waals surface area (Å²) in [6.45, 7) is 11.0. The molecule has 1 aromatic rings. The van der Waals surface area contributed by atoms with Crippen molar-refractivity contribution in [3.63, 3.8) is 0 Å². The third kappa shape index (κ3) is 4.68. The molecule has 2 rings (SSSR count). The number of piperazine rings is 1. The molecular formula is C16H24ClN3O. The number of hydrogen-bond donors (Lipinski definition) is 0. The summed E-state index contributed by atoms with van der Waals surface area (Å²) in [6.07, 6.45) is 1.22. The van der Waals surface area contributed by atoms with Crippen LogP contribution in [0.3, 0.4) is 0 Å². The van der Waals surface area contributed by atoms with Crippen LogP contribution in [0.15, 0.2) is 12.1 Å². The molecule has 0 spiro atoms. The number of aromatic nitrogens is 1. The number of pyridine rings is 1. The fourth-order valence-corrected chi connectivity index (χ4v) is 2.80. The Bertz CT molecular complexity index is 476. The maximum absolute atomic E-state index is 12.5. The van der Waals surface area contributed by atoms with Gasteiger partial charge in [-0.15, -0.1) is 0 Å². The zero-order chi connectivity index (χ0) is 15.4. The van der Waals surface area contributed by atoms with E-state index in [9.17, 15) is 4.79 Å². The maximum Gasteiger partial charge on any atom is 0.254 e. The molecule has 0 N–H and O–H groups in total. The monoisotopic (exact) mass is 309 g/mol. The topological polar surface area (TPSA) is 36.4 Å². The van der Waals surface area contributed by atoms with Crippen LogP contribution in [0.2, 0.25) is 5.15 Å². The molecule has 5 heteroatoms. The first-order valence-corrected chi connectivity index (χ1v) is 7.99. The summed E-state index contributed by atoms with van der Waals surface area (Å²) < 4.78 is 0. The van der Waals surface area contributed by atoms with Gasteiger partial charge in [-0.2, -0.15) is 0 Å². The summed E-state index contributed by atoms with van der Waals surface area (Å²) in [6, 6.07) is 3.46. The maximum atomic E-state index is 12.5. The Morgan fingerprint density at radius 2 is 1.95 bits per heavy atom. The first kappa shape index (κ1) is 16.2. The largest absolute Gasteiger partial charge is 0.336 e. The Balaban J connectivity index is 1.91. The summed E-state index contributed by atoms with van der Waals surface area (Å²) in [4.78, 5) is 21.0. The predicted molar refractivity (Wildman–Crippen MR) is 85.8 cm³/mol. The number of halogens is 1. The highest BCUT2D eigenvalue weighted by molar-refractivity contribution is 6.29. The SMILES string of the molecule is Cc1cc(C(=O)N2CCN(CCC(C)C)CC2)cc(Cl)n1. The molecule has 0 radical (unpaired) electrons. The Labute approximate surface area is 132 Å². The number of amides is 1. The number of carbonyl (C=O) groups excluding carboxylic acids is 1. The molecule has 116 valence electrons. The second-order valence-corrected chi connectivity index (χ2v) is 6.52. The molecule has 4 nitrogen and oxygen atoms in total. The lowest BCUT2D eigenvalue weighted by molar-refractivity contribution is 0.0631. The summed E-state index contributed by atoms with van der Waals surface area (Å²) in [5, 5.41) is 0.383. The lowest BCUT2D eigenvalue weighted by Gasteiger charge is -2.35. The summed E-state index contributed by atoms with van der Waals surface area (Å²) in [5.74, 6) is 0.789. The quantitative estimate of drug-likeness (QED) is 0.803. The van der Waals surface area contributed by atoms with E-state index in [0.717, 1.165) is 44.3 Å². The molecule has 1 amide bonds. The van der Waals surface area contributed by atoms with E-state index in [1.54, 1.807) is 12.1 Å². The number of nitrogens with zero attached hydrogens (tertiary/aromatic N) is 3. The van der Waals surface area contributed by atoms with Crippen LogP contribution in [0.25, 0.3) is 0 Å². The molecule has 1 saturated heterocycles. The molecule has 1 aliphatic heterocycles. The van der Waals surface area contributed by atoms with Crippen LogP contribution in [-0.2, 0) is 0 Å². The fraction of sp³-hybridized carbons (Fsp3) is 0.625. The Morgan fingerprint density at radius 1 is 1.29 bits per heavy atom. The number of carbonyl (C=O) groups is 1. The zero-order valence-corrected chi connectivity index (χ0v) is 13.9. The third-order valence-electron chi connectivity index (χ3n) is 3.85. The smallest absolute Gasteiger partial charge is 0.254 e. The van der Waals surface area contributed by atoms with Gasteiger partial charge in [0.2, 0.25) is 0 Å². The van der Waals surface area contributed by atoms with E-state index < -0.39 is 0 Å². The molecule has 2 heterocycles. The normalized spacial score (nSPS) is 16.5. The van der Waals surface area contributed by atoms with E-state index in [0.29, 0.717) is 10.7 Å². The molecular weight excluding hydrogens is 286 g/mol. The first-order valence-electron chi connectivity index (χ1n) is 7.61.